The fraction of sp³-hybridized carbons (Fsp3) is 0.316. The number of rotatable bonds is 4. The summed E-state index contributed by atoms with van der Waals surface area (Å²) in [5.41, 5.74) is 3.16. The summed E-state index contributed by atoms with van der Waals surface area (Å²) in [6.45, 7) is 5.89. The highest BCUT2D eigenvalue weighted by Gasteiger charge is 2.25. The minimum absolute atomic E-state index is 0.0202. The number of hydrogen-bond acceptors (Lipinski definition) is 4. The molecule has 0 radical (unpaired) electrons. The second-order valence-corrected chi connectivity index (χ2v) is 7.44. The smallest absolute Gasteiger partial charge is 0.339 e. The molecule has 1 aliphatic rings. The fourth-order valence-corrected chi connectivity index (χ4v) is 4.50. The highest BCUT2D eigenvalue weighted by Crippen LogP contribution is 2.34. The Bertz CT molecular complexity index is 917. The van der Waals surface area contributed by atoms with Crippen molar-refractivity contribution in [2.24, 2.45) is 0 Å². The van der Waals surface area contributed by atoms with E-state index in [9.17, 15) is 19.5 Å². The molecule has 0 spiro atoms. The number of carboxylic acid groups (broad SMARTS) is 1. The van der Waals surface area contributed by atoms with Gasteiger partial charge in [-0.2, -0.15) is 0 Å². The second kappa shape index (κ2) is 6.92. The van der Waals surface area contributed by atoms with E-state index in [0.29, 0.717) is 30.0 Å². The third-order valence-corrected chi connectivity index (χ3v) is 5.68. The van der Waals surface area contributed by atoms with Crippen molar-refractivity contribution in [2.45, 2.75) is 33.6 Å². The highest BCUT2D eigenvalue weighted by molar-refractivity contribution is 7.16. The van der Waals surface area contributed by atoms with E-state index >= 15 is 0 Å². The summed E-state index contributed by atoms with van der Waals surface area (Å²) in [5, 5.41) is 12.6. The number of hydrogen-bond donors (Lipinski definition) is 2. The van der Waals surface area contributed by atoms with E-state index in [1.807, 2.05) is 13.8 Å². The molecule has 0 aliphatic carbocycles. The van der Waals surface area contributed by atoms with E-state index < -0.39 is 5.97 Å². The van der Waals surface area contributed by atoms with Crippen molar-refractivity contribution in [2.75, 3.05) is 16.8 Å². The zero-order valence-electron chi connectivity index (χ0n) is 14.9. The van der Waals surface area contributed by atoms with Crippen LogP contribution >= 0.6 is 11.3 Å². The van der Waals surface area contributed by atoms with Crippen LogP contribution in [0.5, 0.6) is 0 Å². The van der Waals surface area contributed by atoms with E-state index in [4.69, 9.17) is 0 Å². The van der Waals surface area contributed by atoms with Crippen LogP contribution in [0.4, 0.5) is 10.7 Å². The molecule has 6 nitrogen and oxygen atoms in total. The summed E-state index contributed by atoms with van der Waals surface area (Å²) in [4.78, 5) is 38.4. The van der Waals surface area contributed by atoms with Crippen LogP contribution in [0.3, 0.4) is 0 Å². The Morgan fingerprint density at radius 3 is 2.65 bits per heavy atom. The van der Waals surface area contributed by atoms with Gasteiger partial charge in [-0.1, -0.05) is 6.92 Å². The number of carbonyl (C=O) groups excluding carboxylic acids is 2. The Labute approximate surface area is 155 Å². The van der Waals surface area contributed by atoms with E-state index in [1.54, 1.807) is 23.1 Å². The summed E-state index contributed by atoms with van der Waals surface area (Å²) in [7, 11) is 0. The van der Waals surface area contributed by atoms with Crippen LogP contribution in [0.2, 0.25) is 0 Å². The van der Waals surface area contributed by atoms with Crippen LogP contribution in [0, 0.1) is 6.92 Å². The third kappa shape index (κ3) is 3.10. The van der Waals surface area contributed by atoms with Gasteiger partial charge in [-0.25, -0.2) is 4.79 Å². The summed E-state index contributed by atoms with van der Waals surface area (Å²) in [6.07, 6.45) is 1.30. The quantitative estimate of drug-likeness (QED) is 0.860. The van der Waals surface area contributed by atoms with Crippen molar-refractivity contribution < 1.29 is 19.5 Å². The minimum Gasteiger partial charge on any atom is -0.478 e. The number of aromatic carboxylic acids is 1. The maximum Gasteiger partial charge on any atom is 0.339 e. The van der Waals surface area contributed by atoms with Crippen LogP contribution < -0.4 is 10.2 Å². The highest BCUT2D eigenvalue weighted by atomic mass is 32.1. The first-order valence-electron chi connectivity index (χ1n) is 8.41. The van der Waals surface area contributed by atoms with Crippen molar-refractivity contribution >= 4 is 39.8 Å². The Morgan fingerprint density at radius 2 is 2.04 bits per heavy atom. The van der Waals surface area contributed by atoms with Gasteiger partial charge in [-0.15, -0.1) is 11.3 Å². The van der Waals surface area contributed by atoms with Crippen LogP contribution in [-0.4, -0.2) is 29.4 Å². The lowest BCUT2D eigenvalue weighted by molar-refractivity contribution is -0.116. The van der Waals surface area contributed by atoms with Crippen molar-refractivity contribution in [1.29, 1.82) is 0 Å². The fourth-order valence-electron chi connectivity index (χ4n) is 3.36. The van der Waals surface area contributed by atoms with E-state index in [0.717, 1.165) is 21.7 Å². The molecular weight excluding hydrogens is 352 g/mol. The lowest BCUT2D eigenvalue weighted by atomic mass is 10.1. The molecule has 2 amide bonds. The third-order valence-electron chi connectivity index (χ3n) is 4.62. The number of carboxylic acids is 1. The molecule has 2 heterocycles. The van der Waals surface area contributed by atoms with Gasteiger partial charge in [-0.05, 0) is 49.1 Å². The number of nitrogens with one attached hydrogen (secondary N) is 1. The maximum atomic E-state index is 12.6. The molecule has 26 heavy (non-hydrogen) atoms. The zero-order valence-corrected chi connectivity index (χ0v) is 15.7. The molecule has 2 aromatic rings. The monoisotopic (exact) mass is 372 g/mol. The van der Waals surface area contributed by atoms with Gasteiger partial charge in [0.25, 0.3) is 5.91 Å². The molecule has 1 aromatic heterocycles. The number of amides is 2. The molecule has 0 saturated heterocycles. The number of fused-ring (bicyclic) bond motifs is 1. The van der Waals surface area contributed by atoms with Crippen LogP contribution in [0.1, 0.15) is 50.6 Å². The van der Waals surface area contributed by atoms with E-state index in [-0.39, 0.29) is 17.4 Å². The van der Waals surface area contributed by atoms with Crippen molar-refractivity contribution in [3.63, 3.8) is 0 Å². The molecule has 0 atom stereocenters. The topological polar surface area (TPSA) is 86.7 Å². The van der Waals surface area contributed by atoms with Gasteiger partial charge in [0, 0.05) is 29.6 Å². The maximum absolute atomic E-state index is 12.6. The van der Waals surface area contributed by atoms with Crippen molar-refractivity contribution in [3.8, 4) is 0 Å². The Hall–Kier alpha value is -2.67. The molecule has 136 valence electrons. The van der Waals surface area contributed by atoms with E-state index in [2.05, 4.69) is 5.32 Å². The summed E-state index contributed by atoms with van der Waals surface area (Å²) >= 11 is 1.28. The first kappa shape index (κ1) is 18.1. The molecule has 0 bridgehead atoms. The number of nitrogens with zero attached hydrogens (tertiary/aromatic N) is 1. The Kier molecular flexibility index (Phi) is 4.82. The summed E-state index contributed by atoms with van der Waals surface area (Å²) < 4.78 is 0. The molecule has 0 fully saturated rings. The molecule has 0 saturated carbocycles. The Balaban J connectivity index is 1.88. The number of carbonyl (C=O) groups is 3. The molecule has 1 aliphatic heterocycles. The lowest BCUT2D eigenvalue weighted by Gasteiger charge is -2.14. The van der Waals surface area contributed by atoms with Gasteiger partial charge in [0.1, 0.15) is 5.00 Å². The summed E-state index contributed by atoms with van der Waals surface area (Å²) in [5.74, 6) is -1.40. The number of anilines is 2. The average Bonchev–Trinajstić information content (AvgIpc) is 3.14. The van der Waals surface area contributed by atoms with Crippen LogP contribution in [0.15, 0.2) is 18.2 Å². The van der Waals surface area contributed by atoms with Gasteiger partial charge in [-0.3, -0.25) is 9.59 Å². The number of aryl methyl sites for hydroxylation is 1. The first-order valence-corrected chi connectivity index (χ1v) is 9.23. The SMILES string of the molecule is CCc1c(C)sc(NC(=O)c2ccc3c(c2)CCN3C(C)=O)c1C(=O)O. The van der Waals surface area contributed by atoms with Crippen LogP contribution in [0.25, 0.3) is 0 Å². The predicted octanol–water partition coefficient (Wildman–Crippen LogP) is 3.48. The molecule has 3 rings (SSSR count). The standard InChI is InChI=1S/C19H20N2O4S/c1-4-14-10(2)26-18(16(14)19(24)25)20-17(23)13-5-6-15-12(9-13)7-8-21(15)11(3)22/h5-6,9H,4,7-8H2,1-3H3,(H,20,23)(H,24,25). The number of benzene rings is 1. The minimum atomic E-state index is -1.03. The molecule has 0 unspecified atom stereocenters. The van der Waals surface area contributed by atoms with Gasteiger partial charge in [0.05, 0.1) is 5.56 Å². The van der Waals surface area contributed by atoms with Gasteiger partial charge in [0.15, 0.2) is 0 Å². The predicted molar refractivity (Wildman–Crippen MR) is 102 cm³/mol. The largest absolute Gasteiger partial charge is 0.478 e. The number of thiophene rings is 1. The summed E-state index contributed by atoms with van der Waals surface area (Å²) in [6, 6.07) is 5.21. The molecule has 1 aromatic carbocycles. The average molecular weight is 372 g/mol. The first-order chi connectivity index (χ1) is 12.3. The molecule has 2 N–H and O–H groups in total. The second-order valence-electron chi connectivity index (χ2n) is 6.22. The lowest BCUT2D eigenvalue weighted by Crippen LogP contribution is -2.25. The zero-order chi connectivity index (χ0) is 19.0. The molecule has 7 heteroatoms. The van der Waals surface area contributed by atoms with Gasteiger partial charge in [0.2, 0.25) is 5.91 Å². The van der Waals surface area contributed by atoms with Gasteiger partial charge < -0.3 is 15.3 Å². The van der Waals surface area contributed by atoms with Crippen molar-refractivity contribution in [1.82, 2.24) is 0 Å². The van der Waals surface area contributed by atoms with Crippen LogP contribution in [-0.2, 0) is 17.6 Å². The normalized spacial score (nSPS) is 12.8. The molecular formula is C19H20N2O4S. The Morgan fingerprint density at radius 1 is 1.31 bits per heavy atom. The van der Waals surface area contributed by atoms with Crippen molar-refractivity contribution in [3.05, 3.63) is 45.3 Å². The van der Waals surface area contributed by atoms with E-state index in [1.165, 1.54) is 18.3 Å². The van der Waals surface area contributed by atoms with Gasteiger partial charge >= 0.3 is 5.97 Å².